The van der Waals surface area contributed by atoms with Gasteiger partial charge in [0, 0.05) is 23.1 Å². The van der Waals surface area contributed by atoms with Crippen molar-refractivity contribution in [3.8, 4) is 0 Å². The Kier molecular flexibility index (Phi) is 3.75. The van der Waals surface area contributed by atoms with Crippen LogP contribution in [0.4, 0.5) is 0 Å². The quantitative estimate of drug-likeness (QED) is 0.793. The van der Waals surface area contributed by atoms with Crippen LogP contribution in [-0.4, -0.2) is 23.2 Å². The predicted octanol–water partition coefficient (Wildman–Crippen LogP) is 2.63. The topological polar surface area (TPSA) is 64.8 Å². The second-order valence-electron chi connectivity index (χ2n) is 5.36. The highest BCUT2D eigenvalue weighted by atomic mass is 35.7. The molecule has 7 heteroatoms. The Hall–Kier alpha value is -1.40. The maximum absolute atomic E-state index is 11.6. The summed E-state index contributed by atoms with van der Waals surface area (Å²) in [6, 6.07) is 8.32. The minimum absolute atomic E-state index is 0.119. The summed E-state index contributed by atoms with van der Waals surface area (Å²) in [6.45, 7) is 2.07. The molecule has 1 aliphatic carbocycles. The van der Waals surface area contributed by atoms with E-state index in [0.717, 1.165) is 19.3 Å². The molecule has 1 fully saturated rings. The molecule has 1 heterocycles. The van der Waals surface area contributed by atoms with Crippen molar-refractivity contribution in [3.63, 3.8) is 0 Å². The molecule has 0 bridgehead atoms. The van der Waals surface area contributed by atoms with Gasteiger partial charge in [-0.25, -0.2) is 8.42 Å². The fraction of sp³-hybridized carbons (Fsp3) is 0.429. The second-order valence-corrected chi connectivity index (χ2v) is 7.82. The highest BCUT2D eigenvalue weighted by Gasteiger charge is 2.33. The van der Waals surface area contributed by atoms with Crippen LogP contribution in [0, 0.1) is 6.92 Å². The lowest BCUT2D eigenvalue weighted by Crippen LogP contribution is -2.09. The molecular weight excluding hydrogens is 310 g/mol. The third kappa shape index (κ3) is 3.11. The number of hydrogen-bond acceptors (Lipinski definition) is 4. The van der Waals surface area contributed by atoms with Crippen LogP contribution in [0.25, 0.3) is 0 Å². The average Bonchev–Trinajstić information content (AvgIpc) is 3.16. The smallest absolute Gasteiger partial charge is 0.296 e. The molecule has 0 aliphatic heterocycles. The minimum atomic E-state index is -3.85. The Balaban J connectivity index is 1.86. The van der Waals surface area contributed by atoms with Gasteiger partial charge in [0.25, 0.3) is 14.2 Å². The van der Waals surface area contributed by atoms with Gasteiger partial charge in [-0.05, 0) is 37.3 Å². The van der Waals surface area contributed by atoms with Gasteiger partial charge in [0.2, 0.25) is 0 Å². The third-order valence-electron chi connectivity index (χ3n) is 3.74. The van der Waals surface area contributed by atoms with E-state index in [-0.39, 0.29) is 11.2 Å². The molecule has 0 spiro atoms. The average molecular weight is 326 g/mol. The molecular formula is C14H16ClN3O2S. The van der Waals surface area contributed by atoms with Crippen molar-refractivity contribution in [2.75, 3.05) is 0 Å². The van der Waals surface area contributed by atoms with Crippen molar-refractivity contribution in [1.29, 1.82) is 0 Å². The van der Waals surface area contributed by atoms with E-state index in [0.29, 0.717) is 12.2 Å². The molecule has 0 saturated heterocycles. The zero-order chi connectivity index (χ0) is 15.0. The summed E-state index contributed by atoms with van der Waals surface area (Å²) in [5.74, 6) is 0.694. The first-order valence-electron chi connectivity index (χ1n) is 6.90. The zero-order valence-corrected chi connectivity index (χ0v) is 13.2. The number of halogens is 1. The Morgan fingerprint density at radius 3 is 2.57 bits per heavy atom. The summed E-state index contributed by atoms with van der Waals surface area (Å²) in [7, 11) is 1.59. The lowest BCUT2D eigenvalue weighted by Gasteiger charge is -2.08. The van der Waals surface area contributed by atoms with Gasteiger partial charge in [-0.1, -0.05) is 24.3 Å². The fourth-order valence-electron chi connectivity index (χ4n) is 2.48. The highest BCUT2D eigenvalue weighted by Crippen LogP contribution is 2.38. The van der Waals surface area contributed by atoms with Gasteiger partial charge in [0.1, 0.15) is 5.82 Å². The van der Waals surface area contributed by atoms with E-state index in [4.69, 9.17) is 10.7 Å². The lowest BCUT2D eigenvalue weighted by atomic mass is 10.0. The van der Waals surface area contributed by atoms with Gasteiger partial charge >= 0.3 is 0 Å². The molecule has 21 heavy (non-hydrogen) atoms. The Labute approximate surface area is 128 Å². The van der Waals surface area contributed by atoms with E-state index in [1.807, 2.05) is 12.1 Å². The number of benzene rings is 1. The molecule has 5 nitrogen and oxygen atoms in total. The monoisotopic (exact) mass is 325 g/mol. The molecule has 0 unspecified atom stereocenters. The van der Waals surface area contributed by atoms with Gasteiger partial charge in [-0.2, -0.15) is 0 Å². The maximum atomic E-state index is 11.6. The summed E-state index contributed by atoms with van der Waals surface area (Å²) >= 11 is 0. The first-order chi connectivity index (χ1) is 9.97. The molecule has 0 N–H and O–H groups in total. The molecule has 1 saturated carbocycles. The van der Waals surface area contributed by atoms with Crippen molar-refractivity contribution in [1.82, 2.24) is 14.8 Å². The van der Waals surface area contributed by atoms with Crippen LogP contribution in [0.15, 0.2) is 29.4 Å². The summed E-state index contributed by atoms with van der Waals surface area (Å²) in [6.07, 6.45) is 3.37. The Morgan fingerprint density at radius 2 is 1.95 bits per heavy atom. The lowest BCUT2D eigenvalue weighted by molar-refractivity contribution is 0.568. The maximum Gasteiger partial charge on any atom is 0.296 e. The van der Waals surface area contributed by atoms with Gasteiger partial charge in [0.15, 0.2) is 0 Å². The first kappa shape index (κ1) is 14.5. The van der Waals surface area contributed by atoms with Crippen LogP contribution in [0.5, 0.6) is 0 Å². The van der Waals surface area contributed by atoms with Crippen molar-refractivity contribution in [2.24, 2.45) is 0 Å². The van der Waals surface area contributed by atoms with E-state index < -0.39 is 9.05 Å². The van der Waals surface area contributed by atoms with E-state index in [9.17, 15) is 8.42 Å². The van der Waals surface area contributed by atoms with Crippen LogP contribution >= 0.6 is 10.7 Å². The van der Waals surface area contributed by atoms with Crippen molar-refractivity contribution in [2.45, 2.75) is 43.8 Å². The van der Waals surface area contributed by atoms with E-state index in [1.54, 1.807) is 4.57 Å². The molecule has 1 aromatic carbocycles. The van der Waals surface area contributed by atoms with E-state index in [1.165, 1.54) is 11.1 Å². The van der Waals surface area contributed by atoms with Gasteiger partial charge in [-0.15, -0.1) is 10.2 Å². The number of nitrogens with zero attached hydrogens (tertiary/aromatic N) is 3. The Bertz CT molecular complexity index is 766. The molecule has 1 aromatic heterocycles. The third-order valence-corrected chi connectivity index (χ3v) is 4.87. The first-order valence-corrected chi connectivity index (χ1v) is 9.20. The van der Waals surface area contributed by atoms with Crippen LogP contribution in [0.1, 0.15) is 35.8 Å². The molecule has 1 aliphatic rings. The Morgan fingerprint density at radius 1 is 1.24 bits per heavy atom. The minimum Gasteiger partial charge on any atom is -0.298 e. The molecule has 0 radical (unpaired) electrons. The number of rotatable bonds is 5. The fourth-order valence-corrected chi connectivity index (χ4v) is 3.42. The van der Waals surface area contributed by atoms with E-state index in [2.05, 4.69) is 29.3 Å². The van der Waals surface area contributed by atoms with Crippen LogP contribution < -0.4 is 0 Å². The molecule has 3 rings (SSSR count). The largest absolute Gasteiger partial charge is 0.298 e. The van der Waals surface area contributed by atoms with Gasteiger partial charge < -0.3 is 0 Å². The summed E-state index contributed by atoms with van der Waals surface area (Å²) in [5, 5.41) is 7.70. The number of aromatic nitrogens is 3. The van der Waals surface area contributed by atoms with Crippen molar-refractivity contribution < 1.29 is 8.42 Å². The van der Waals surface area contributed by atoms with Crippen LogP contribution in [0.3, 0.4) is 0 Å². The molecule has 112 valence electrons. The zero-order valence-electron chi connectivity index (χ0n) is 11.7. The normalized spacial score (nSPS) is 15.3. The summed E-state index contributed by atoms with van der Waals surface area (Å²) in [5.41, 5.74) is 2.46. The van der Waals surface area contributed by atoms with Crippen molar-refractivity contribution >= 4 is 19.7 Å². The molecule has 0 atom stereocenters. The van der Waals surface area contributed by atoms with Gasteiger partial charge in [-0.3, -0.25) is 4.57 Å². The molecule has 2 aromatic rings. The SMILES string of the molecule is Cc1ccccc1CCc1nnc(S(=O)(=O)Cl)n1C1CC1. The highest BCUT2D eigenvalue weighted by molar-refractivity contribution is 8.13. The number of aryl methyl sites for hydroxylation is 3. The second kappa shape index (κ2) is 5.42. The molecule has 0 amide bonds. The van der Waals surface area contributed by atoms with Crippen LogP contribution in [0.2, 0.25) is 0 Å². The van der Waals surface area contributed by atoms with Gasteiger partial charge in [0.05, 0.1) is 0 Å². The standard InChI is InChI=1S/C14H16ClN3O2S/c1-10-4-2-3-5-11(10)6-9-13-16-17-14(21(15,19)20)18(13)12-7-8-12/h2-5,12H,6-9H2,1H3. The van der Waals surface area contributed by atoms with Crippen molar-refractivity contribution in [3.05, 3.63) is 41.2 Å². The summed E-state index contributed by atoms with van der Waals surface area (Å²) < 4.78 is 24.8. The number of hydrogen-bond donors (Lipinski definition) is 0. The predicted molar refractivity (Wildman–Crippen MR) is 79.9 cm³/mol. The van der Waals surface area contributed by atoms with Crippen LogP contribution in [-0.2, 0) is 21.9 Å². The summed E-state index contributed by atoms with van der Waals surface area (Å²) in [4.78, 5) is 0. The van der Waals surface area contributed by atoms with E-state index >= 15 is 0 Å².